The Labute approximate surface area is 212 Å². The average molecular weight is 489 g/mol. The van der Waals surface area contributed by atoms with Crippen LogP contribution in [0.5, 0.6) is 5.75 Å². The number of pyridine rings is 1. The fourth-order valence-corrected chi connectivity index (χ4v) is 4.59. The van der Waals surface area contributed by atoms with Crippen LogP contribution >= 0.6 is 0 Å². The lowest BCUT2D eigenvalue weighted by Crippen LogP contribution is -2.36. The van der Waals surface area contributed by atoms with Crippen molar-refractivity contribution in [3.05, 3.63) is 81.4 Å². The molecule has 0 amide bonds. The SMILES string of the molecule is CC[C@H](c1nnnn1C(C)(C)CC)N(Cc1ccc(OC)cc1)Cc1cc2cccc(C)c2[nH]c1=O. The van der Waals surface area contributed by atoms with Crippen LogP contribution in [-0.4, -0.2) is 37.2 Å². The standard InChI is InChI=1S/C28H36N6O2/c1-7-24(26-30-31-32-34(26)28(4,5)8-2)33(17-20-12-14-23(36-6)15-13-20)18-22-16-21-11-9-10-19(3)25(21)29-27(22)35/h9-16,24H,7-8,17-18H2,1-6H3,(H,29,35)/t24-/m1/s1. The highest BCUT2D eigenvalue weighted by atomic mass is 16.5. The van der Waals surface area contributed by atoms with Gasteiger partial charge < -0.3 is 9.72 Å². The number of benzene rings is 2. The number of rotatable bonds is 10. The van der Waals surface area contributed by atoms with Crippen LogP contribution in [0.4, 0.5) is 0 Å². The topological polar surface area (TPSA) is 88.9 Å². The summed E-state index contributed by atoms with van der Waals surface area (Å²) in [5.74, 6) is 1.62. The minimum Gasteiger partial charge on any atom is -0.497 e. The van der Waals surface area contributed by atoms with E-state index in [1.807, 2.05) is 48.0 Å². The molecule has 2 heterocycles. The van der Waals surface area contributed by atoms with Crippen molar-refractivity contribution >= 4 is 10.9 Å². The lowest BCUT2D eigenvalue weighted by Gasteiger charge is -2.33. The van der Waals surface area contributed by atoms with E-state index in [0.29, 0.717) is 18.7 Å². The summed E-state index contributed by atoms with van der Waals surface area (Å²) in [5.41, 5.74) is 3.48. The van der Waals surface area contributed by atoms with Crippen molar-refractivity contribution in [2.45, 2.75) is 72.1 Å². The molecule has 0 spiro atoms. The van der Waals surface area contributed by atoms with E-state index in [9.17, 15) is 4.79 Å². The molecular formula is C28H36N6O2. The molecule has 4 aromatic rings. The van der Waals surface area contributed by atoms with Gasteiger partial charge >= 0.3 is 0 Å². The van der Waals surface area contributed by atoms with E-state index in [1.165, 1.54) is 0 Å². The number of ether oxygens (including phenoxy) is 1. The second-order valence-electron chi connectivity index (χ2n) is 9.95. The third-order valence-corrected chi connectivity index (χ3v) is 7.14. The van der Waals surface area contributed by atoms with Crippen LogP contribution in [-0.2, 0) is 18.6 Å². The number of hydrogen-bond acceptors (Lipinski definition) is 6. The summed E-state index contributed by atoms with van der Waals surface area (Å²) in [4.78, 5) is 18.6. The van der Waals surface area contributed by atoms with Gasteiger partial charge in [0.2, 0.25) is 0 Å². The minimum absolute atomic E-state index is 0.0696. The summed E-state index contributed by atoms with van der Waals surface area (Å²) < 4.78 is 7.28. The Morgan fingerprint density at radius 3 is 2.53 bits per heavy atom. The monoisotopic (exact) mass is 488 g/mol. The fraction of sp³-hybridized carbons (Fsp3) is 0.429. The van der Waals surface area contributed by atoms with Crippen molar-refractivity contribution in [2.24, 2.45) is 0 Å². The van der Waals surface area contributed by atoms with Crippen LogP contribution in [0.25, 0.3) is 10.9 Å². The zero-order valence-corrected chi connectivity index (χ0v) is 22.1. The molecule has 0 radical (unpaired) electrons. The summed E-state index contributed by atoms with van der Waals surface area (Å²) in [6.45, 7) is 11.7. The van der Waals surface area contributed by atoms with Crippen molar-refractivity contribution < 1.29 is 4.74 Å². The van der Waals surface area contributed by atoms with Gasteiger partial charge in [-0.05, 0) is 78.8 Å². The van der Waals surface area contributed by atoms with E-state index >= 15 is 0 Å². The number of fused-ring (bicyclic) bond motifs is 1. The normalized spacial score (nSPS) is 12.9. The molecule has 2 aromatic carbocycles. The Morgan fingerprint density at radius 1 is 1.11 bits per heavy atom. The average Bonchev–Trinajstić information content (AvgIpc) is 3.36. The number of hydrogen-bond donors (Lipinski definition) is 1. The number of methoxy groups -OCH3 is 1. The molecule has 1 atom stereocenters. The summed E-state index contributed by atoms with van der Waals surface area (Å²) in [6, 6.07) is 16.0. The summed E-state index contributed by atoms with van der Waals surface area (Å²) in [7, 11) is 1.66. The van der Waals surface area contributed by atoms with E-state index in [1.54, 1.807) is 7.11 Å². The van der Waals surface area contributed by atoms with Crippen LogP contribution in [0.3, 0.4) is 0 Å². The molecule has 2 aromatic heterocycles. The first kappa shape index (κ1) is 25.6. The molecular weight excluding hydrogens is 452 g/mol. The van der Waals surface area contributed by atoms with Crippen LogP contribution in [0.1, 0.15) is 69.1 Å². The maximum absolute atomic E-state index is 13.2. The van der Waals surface area contributed by atoms with Crippen LogP contribution < -0.4 is 10.3 Å². The molecule has 0 saturated heterocycles. The Kier molecular flexibility index (Phi) is 7.54. The van der Waals surface area contributed by atoms with Gasteiger partial charge in [0.1, 0.15) is 5.75 Å². The Hall–Kier alpha value is -3.52. The Balaban J connectivity index is 1.77. The molecule has 0 fully saturated rings. The van der Waals surface area contributed by atoms with Gasteiger partial charge in [-0.1, -0.05) is 44.2 Å². The van der Waals surface area contributed by atoms with Gasteiger partial charge in [0.05, 0.1) is 24.2 Å². The molecule has 190 valence electrons. The van der Waals surface area contributed by atoms with Gasteiger partial charge in [0.25, 0.3) is 5.56 Å². The second kappa shape index (κ2) is 10.6. The smallest absolute Gasteiger partial charge is 0.252 e. The summed E-state index contributed by atoms with van der Waals surface area (Å²) >= 11 is 0. The molecule has 4 rings (SSSR count). The molecule has 0 bridgehead atoms. The highest BCUT2D eigenvalue weighted by Crippen LogP contribution is 2.30. The van der Waals surface area contributed by atoms with Crippen LogP contribution in [0, 0.1) is 6.92 Å². The molecule has 8 heteroatoms. The van der Waals surface area contributed by atoms with E-state index in [0.717, 1.165) is 46.4 Å². The molecule has 0 saturated carbocycles. The highest BCUT2D eigenvalue weighted by molar-refractivity contribution is 5.81. The number of aryl methyl sites for hydroxylation is 1. The quantitative estimate of drug-likeness (QED) is 0.333. The minimum atomic E-state index is -0.226. The van der Waals surface area contributed by atoms with E-state index in [2.05, 4.69) is 65.2 Å². The number of nitrogens with one attached hydrogen (secondary N) is 1. The van der Waals surface area contributed by atoms with Crippen molar-refractivity contribution in [3.63, 3.8) is 0 Å². The fourth-order valence-electron chi connectivity index (χ4n) is 4.59. The van der Waals surface area contributed by atoms with Crippen LogP contribution in [0.15, 0.2) is 53.3 Å². The van der Waals surface area contributed by atoms with Crippen molar-refractivity contribution in [2.75, 3.05) is 7.11 Å². The molecule has 0 aliphatic heterocycles. The van der Waals surface area contributed by atoms with Gasteiger partial charge in [-0.15, -0.1) is 5.10 Å². The number of aromatic nitrogens is 5. The van der Waals surface area contributed by atoms with Gasteiger partial charge in [-0.3, -0.25) is 9.69 Å². The largest absolute Gasteiger partial charge is 0.497 e. The first-order valence-corrected chi connectivity index (χ1v) is 12.5. The van der Waals surface area contributed by atoms with Crippen molar-refractivity contribution in [1.29, 1.82) is 0 Å². The number of para-hydroxylation sites is 1. The zero-order chi connectivity index (χ0) is 25.9. The zero-order valence-electron chi connectivity index (χ0n) is 22.1. The summed E-state index contributed by atoms with van der Waals surface area (Å²) in [5, 5.41) is 13.9. The highest BCUT2D eigenvalue weighted by Gasteiger charge is 2.31. The lowest BCUT2D eigenvalue weighted by molar-refractivity contribution is 0.150. The predicted molar refractivity (Wildman–Crippen MR) is 142 cm³/mol. The Morgan fingerprint density at radius 2 is 1.86 bits per heavy atom. The number of tetrazole rings is 1. The third-order valence-electron chi connectivity index (χ3n) is 7.14. The number of nitrogens with zero attached hydrogens (tertiary/aromatic N) is 5. The first-order valence-electron chi connectivity index (χ1n) is 12.5. The lowest BCUT2D eigenvalue weighted by atomic mass is 10.0. The van der Waals surface area contributed by atoms with Gasteiger partial charge in [0, 0.05) is 18.7 Å². The molecule has 0 unspecified atom stereocenters. The van der Waals surface area contributed by atoms with E-state index in [4.69, 9.17) is 4.74 Å². The van der Waals surface area contributed by atoms with Gasteiger partial charge in [-0.25, -0.2) is 4.68 Å². The van der Waals surface area contributed by atoms with E-state index < -0.39 is 0 Å². The predicted octanol–water partition coefficient (Wildman–Crippen LogP) is 5.13. The van der Waals surface area contributed by atoms with Crippen molar-refractivity contribution in [3.8, 4) is 5.75 Å². The number of aromatic amines is 1. The van der Waals surface area contributed by atoms with Crippen molar-refractivity contribution in [1.82, 2.24) is 30.1 Å². The number of H-pyrrole nitrogens is 1. The summed E-state index contributed by atoms with van der Waals surface area (Å²) in [6.07, 6.45) is 1.69. The van der Waals surface area contributed by atoms with Crippen LogP contribution in [0.2, 0.25) is 0 Å². The van der Waals surface area contributed by atoms with Gasteiger partial charge in [-0.2, -0.15) is 0 Å². The van der Waals surface area contributed by atoms with Gasteiger partial charge in [0.15, 0.2) is 5.82 Å². The second-order valence-corrected chi connectivity index (χ2v) is 9.95. The maximum Gasteiger partial charge on any atom is 0.252 e. The molecule has 8 nitrogen and oxygen atoms in total. The molecule has 0 aliphatic rings. The van der Waals surface area contributed by atoms with E-state index in [-0.39, 0.29) is 17.1 Å². The Bertz CT molecular complexity index is 1370. The molecule has 0 aliphatic carbocycles. The molecule has 1 N–H and O–H groups in total. The third kappa shape index (κ3) is 5.18. The molecule has 36 heavy (non-hydrogen) atoms. The first-order chi connectivity index (χ1) is 17.3. The maximum atomic E-state index is 13.2.